The van der Waals surface area contributed by atoms with Crippen molar-refractivity contribution in [3.05, 3.63) is 52.7 Å². The zero-order valence-electron chi connectivity index (χ0n) is 13.4. The SMILES string of the molecule is CC(C)(C)OC(=O)c1ccc(NCCn2ncccc2=O)cn1. The molecule has 0 unspecified atom stereocenters. The Balaban J connectivity index is 1.89. The molecule has 23 heavy (non-hydrogen) atoms. The van der Waals surface area contributed by atoms with Crippen molar-refractivity contribution in [3.8, 4) is 0 Å². The van der Waals surface area contributed by atoms with E-state index in [-0.39, 0.29) is 11.3 Å². The number of hydrogen-bond acceptors (Lipinski definition) is 6. The first-order valence-electron chi connectivity index (χ1n) is 7.30. The van der Waals surface area contributed by atoms with Gasteiger partial charge in [0.1, 0.15) is 11.3 Å². The van der Waals surface area contributed by atoms with Crippen LogP contribution in [0.2, 0.25) is 0 Å². The summed E-state index contributed by atoms with van der Waals surface area (Å²) in [7, 11) is 0. The zero-order valence-corrected chi connectivity index (χ0v) is 13.4. The lowest BCUT2D eigenvalue weighted by molar-refractivity contribution is 0.00629. The molecule has 0 radical (unpaired) electrons. The first kappa shape index (κ1) is 16.7. The topological polar surface area (TPSA) is 86.1 Å². The fourth-order valence-electron chi connectivity index (χ4n) is 1.81. The van der Waals surface area contributed by atoms with Gasteiger partial charge in [-0.25, -0.2) is 14.5 Å². The van der Waals surface area contributed by atoms with E-state index in [2.05, 4.69) is 15.4 Å². The fraction of sp³-hybridized carbons (Fsp3) is 0.375. The van der Waals surface area contributed by atoms with Gasteiger partial charge in [-0.1, -0.05) is 0 Å². The van der Waals surface area contributed by atoms with Gasteiger partial charge in [-0.2, -0.15) is 5.10 Å². The Labute approximate surface area is 134 Å². The molecule has 0 saturated carbocycles. The molecule has 1 N–H and O–H groups in total. The van der Waals surface area contributed by atoms with Crippen molar-refractivity contribution in [2.75, 3.05) is 11.9 Å². The summed E-state index contributed by atoms with van der Waals surface area (Å²) < 4.78 is 6.62. The van der Waals surface area contributed by atoms with E-state index in [1.54, 1.807) is 51.4 Å². The predicted molar refractivity (Wildman–Crippen MR) is 86.4 cm³/mol. The minimum atomic E-state index is -0.550. The van der Waals surface area contributed by atoms with Crippen molar-refractivity contribution in [2.45, 2.75) is 32.9 Å². The first-order valence-corrected chi connectivity index (χ1v) is 7.30. The van der Waals surface area contributed by atoms with Crippen LogP contribution in [0.4, 0.5) is 5.69 Å². The molecule has 0 aliphatic rings. The number of aromatic nitrogens is 3. The van der Waals surface area contributed by atoms with Crippen LogP contribution in [0.1, 0.15) is 31.3 Å². The average Bonchev–Trinajstić information content (AvgIpc) is 2.48. The molecule has 0 spiro atoms. The van der Waals surface area contributed by atoms with E-state index in [0.717, 1.165) is 5.69 Å². The molecular formula is C16H20N4O3. The molecule has 0 amide bonds. The number of pyridine rings is 1. The molecule has 2 rings (SSSR count). The third kappa shape index (κ3) is 5.21. The summed E-state index contributed by atoms with van der Waals surface area (Å²) in [5.41, 5.74) is 0.312. The highest BCUT2D eigenvalue weighted by atomic mass is 16.6. The molecule has 122 valence electrons. The summed E-state index contributed by atoms with van der Waals surface area (Å²) in [6.45, 7) is 6.37. The molecule has 0 atom stereocenters. The number of carbonyl (C=O) groups is 1. The third-order valence-corrected chi connectivity index (χ3v) is 2.81. The van der Waals surface area contributed by atoms with Crippen LogP contribution in [0.25, 0.3) is 0 Å². The van der Waals surface area contributed by atoms with E-state index in [9.17, 15) is 9.59 Å². The normalized spacial score (nSPS) is 11.1. The van der Waals surface area contributed by atoms with Crippen LogP contribution in [-0.2, 0) is 11.3 Å². The highest BCUT2D eigenvalue weighted by Crippen LogP contribution is 2.12. The van der Waals surface area contributed by atoms with Gasteiger partial charge in [0.25, 0.3) is 5.56 Å². The second-order valence-corrected chi connectivity index (χ2v) is 5.95. The second kappa shape index (κ2) is 7.04. The van der Waals surface area contributed by atoms with Crippen molar-refractivity contribution < 1.29 is 9.53 Å². The van der Waals surface area contributed by atoms with Crippen LogP contribution in [0.3, 0.4) is 0 Å². The Morgan fingerprint density at radius 3 is 2.70 bits per heavy atom. The van der Waals surface area contributed by atoms with Crippen molar-refractivity contribution in [1.82, 2.24) is 14.8 Å². The van der Waals surface area contributed by atoms with Crippen molar-refractivity contribution in [3.63, 3.8) is 0 Å². The number of ether oxygens (including phenoxy) is 1. The largest absolute Gasteiger partial charge is 0.455 e. The second-order valence-electron chi connectivity index (χ2n) is 5.95. The van der Waals surface area contributed by atoms with Crippen molar-refractivity contribution >= 4 is 11.7 Å². The Morgan fingerprint density at radius 2 is 2.09 bits per heavy atom. The maximum absolute atomic E-state index is 11.9. The molecule has 0 fully saturated rings. The van der Waals surface area contributed by atoms with Gasteiger partial charge in [-0.3, -0.25) is 4.79 Å². The Kier molecular flexibility index (Phi) is 5.10. The summed E-state index contributed by atoms with van der Waals surface area (Å²) >= 11 is 0. The number of esters is 1. The van der Waals surface area contributed by atoms with Gasteiger partial charge >= 0.3 is 5.97 Å². The molecule has 2 aromatic rings. The molecule has 7 nitrogen and oxygen atoms in total. The highest BCUT2D eigenvalue weighted by molar-refractivity contribution is 5.87. The fourth-order valence-corrected chi connectivity index (χ4v) is 1.81. The standard InChI is InChI=1S/C16H20N4O3/c1-16(2,3)23-15(22)13-7-6-12(11-18-13)17-9-10-20-14(21)5-4-8-19-20/h4-8,11,17H,9-10H2,1-3H3. The molecule has 0 aliphatic carbocycles. The molecular weight excluding hydrogens is 296 g/mol. The van der Waals surface area contributed by atoms with Gasteiger partial charge in [0.2, 0.25) is 0 Å². The summed E-state index contributed by atoms with van der Waals surface area (Å²) in [4.78, 5) is 27.4. The summed E-state index contributed by atoms with van der Waals surface area (Å²) in [6, 6.07) is 6.41. The van der Waals surface area contributed by atoms with Crippen LogP contribution in [0.5, 0.6) is 0 Å². The highest BCUT2D eigenvalue weighted by Gasteiger charge is 2.18. The van der Waals surface area contributed by atoms with Crippen LogP contribution >= 0.6 is 0 Å². The number of carbonyl (C=O) groups excluding carboxylic acids is 1. The van der Waals surface area contributed by atoms with E-state index in [0.29, 0.717) is 13.1 Å². The lowest BCUT2D eigenvalue weighted by Gasteiger charge is -2.19. The number of nitrogens with one attached hydrogen (secondary N) is 1. The average molecular weight is 316 g/mol. The Morgan fingerprint density at radius 1 is 1.30 bits per heavy atom. The number of nitrogens with zero attached hydrogens (tertiary/aromatic N) is 3. The van der Waals surface area contributed by atoms with Gasteiger partial charge in [-0.15, -0.1) is 0 Å². The van der Waals surface area contributed by atoms with E-state index >= 15 is 0 Å². The van der Waals surface area contributed by atoms with Gasteiger partial charge in [-0.05, 0) is 39.0 Å². The van der Waals surface area contributed by atoms with Crippen molar-refractivity contribution in [2.24, 2.45) is 0 Å². The first-order chi connectivity index (χ1) is 10.8. The molecule has 0 bridgehead atoms. The summed E-state index contributed by atoms with van der Waals surface area (Å²) in [5, 5.41) is 7.09. The monoisotopic (exact) mass is 316 g/mol. The molecule has 2 heterocycles. The smallest absolute Gasteiger partial charge is 0.357 e. The molecule has 0 aliphatic heterocycles. The maximum Gasteiger partial charge on any atom is 0.357 e. The van der Waals surface area contributed by atoms with Crippen LogP contribution in [0, 0.1) is 0 Å². The zero-order chi connectivity index (χ0) is 16.9. The summed E-state index contributed by atoms with van der Waals surface area (Å²) in [6.07, 6.45) is 3.12. The van der Waals surface area contributed by atoms with Crippen molar-refractivity contribution in [1.29, 1.82) is 0 Å². The van der Waals surface area contributed by atoms with Crippen LogP contribution < -0.4 is 10.9 Å². The van der Waals surface area contributed by atoms with E-state index < -0.39 is 11.6 Å². The minimum absolute atomic E-state index is 0.146. The van der Waals surface area contributed by atoms with Gasteiger partial charge < -0.3 is 10.1 Å². The van der Waals surface area contributed by atoms with Crippen LogP contribution in [-0.4, -0.2) is 32.9 Å². The molecule has 7 heteroatoms. The van der Waals surface area contributed by atoms with Gasteiger partial charge in [0.05, 0.1) is 18.4 Å². The van der Waals surface area contributed by atoms with E-state index in [1.807, 2.05) is 0 Å². The maximum atomic E-state index is 11.9. The lowest BCUT2D eigenvalue weighted by Crippen LogP contribution is -2.25. The Bertz CT molecular complexity index is 717. The number of anilines is 1. The number of rotatable bonds is 5. The van der Waals surface area contributed by atoms with Gasteiger partial charge in [0.15, 0.2) is 0 Å². The minimum Gasteiger partial charge on any atom is -0.455 e. The summed E-state index contributed by atoms with van der Waals surface area (Å²) in [5.74, 6) is -0.455. The molecule has 2 aromatic heterocycles. The quantitative estimate of drug-likeness (QED) is 0.845. The van der Waals surface area contributed by atoms with E-state index in [1.165, 1.54) is 10.7 Å². The van der Waals surface area contributed by atoms with Crippen LogP contribution in [0.15, 0.2) is 41.5 Å². The lowest BCUT2D eigenvalue weighted by atomic mass is 10.2. The predicted octanol–water partition coefficient (Wildman–Crippen LogP) is 1.71. The molecule has 0 saturated heterocycles. The molecule has 0 aromatic carbocycles. The third-order valence-electron chi connectivity index (χ3n) is 2.81. The van der Waals surface area contributed by atoms with Gasteiger partial charge in [0, 0.05) is 18.8 Å². The number of hydrogen-bond donors (Lipinski definition) is 1. The van der Waals surface area contributed by atoms with E-state index in [4.69, 9.17) is 4.74 Å². The Hall–Kier alpha value is -2.70.